The van der Waals surface area contributed by atoms with Gasteiger partial charge in [0.05, 0.1) is 0 Å². The van der Waals surface area contributed by atoms with Gasteiger partial charge < -0.3 is 16.4 Å². The van der Waals surface area contributed by atoms with Crippen molar-refractivity contribution in [2.45, 2.75) is 25.7 Å². The average Bonchev–Trinajstić information content (AvgIpc) is 3.09. The number of carbonyl (C=O) groups excluding carboxylic acids is 1. The van der Waals surface area contributed by atoms with E-state index in [2.05, 4.69) is 27.8 Å². The van der Waals surface area contributed by atoms with E-state index in [0.717, 1.165) is 24.9 Å². The van der Waals surface area contributed by atoms with Crippen molar-refractivity contribution in [1.29, 1.82) is 0 Å². The van der Waals surface area contributed by atoms with Crippen LogP contribution >= 0.6 is 24.0 Å². The zero-order chi connectivity index (χ0) is 17.5. The van der Waals surface area contributed by atoms with E-state index >= 15 is 0 Å². The van der Waals surface area contributed by atoms with Crippen LogP contribution in [0.1, 0.15) is 23.1 Å². The molecular formula is C20H25IN4O. The van der Waals surface area contributed by atoms with Crippen LogP contribution in [0.15, 0.2) is 53.5 Å². The highest BCUT2D eigenvalue weighted by Crippen LogP contribution is 2.24. The number of aryl methyl sites for hydroxylation is 2. The molecule has 6 heteroatoms. The van der Waals surface area contributed by atoms with Gasteiger partial charge in [-0.05, 0) is 54.5 Å². The van der Waals surface area contributed by atoms with Crippen molar-refractivity contribution >= 4 is 41.5 Å². The minimum absolute atomic E-state index is 0. The molecule has 0 radical (unpaired) electrons. The highest BCUT2D eigenvalue weighted by atomic mass is 127. The topological polar surface area (TPSA) is 79.5 Å². The van der Waals surface area contributed by atoms with E-state index in [-0.39, 0.29) is 42.4 Å². The van der Waals surface area contributed by atoms with Gasteiger partial charge in [-0.15, -0.1) is 24.0 Å². The van der Waals surface area contributed by atoms with Crippen molar-refractivity contribution in [3.05, 3.63) is 65.2 Å². The number of hydrogen-bond donors (Lipinski definition) is 3. The van der Waals surface area contributed by atoms with Crippen molar-refractivity contribution in [1.82, 2.24) is 5.32 Å². The molecule has 0 fully saturated rings. The monoisotopic (exact) mass is 464 g/mol. The Bertz CT molecular complexity index is 762. The third-order valence-electron chi connectivity index (χ3n) is 4.34. The number of nitrogens with one attached hydrogen (secondary N) is 2. The molecule has 0 aliphatic heterocycles. The molecule has 138 valence electrons. The van der Waals surface area contributed by atoms with Gasteiger partial charge in [-0.25, -0.2) is 4.99 Å². The maximum absolute atomic E-state index is 11.8. The summed E-state index contributed by atoms with van der Waals surface area (Å²) in [4.78, 5) is 16.0. The van der Waals surface area contributed by atoms with Gasteiger partial charge in [-0.2, -0.15) is 0 Å². The number of fused-ring (bicyclic) bond motifs is 1. The highest BCUT2D eigenvalue weighted by molar-refractivity contribution is 14.0. The average molecular weight is 464 g/mol. The first-order chi connectivity index (χ1) is 12.2. The molecule has 4 N–H and O–H groups in total. The van der Waals surface area contributed by atoms with Crippen LogP contribution in [0.4, 0.5) is 5.69 Å². The first kappa shape index (κ1) is 20.2. The number of anilines is 1. The molecule has 0 heterocycles. The highest BCUT2D eigenvalue weighted by Gasteiger charge is 2.10. The molecule has 0 spiro atoms. The zero-order valence-corrected chi connectivity index (χ0v) is 17.0. The lowest BCUT2D eigenvalue weighted by Gasteiger charge is -2.08. The van der Waals surface area contributed by atoms with Gasteiger partial charge in [0.2, 0.25) is 5.91 Å². The van der Waals surface area contributed by atoms with Crippen LogP contribution < -0.4 is 16.4 Å². The number of nitrogens with two attached hydrogens (primary N) is 1. The van der Waals surface area contributed by atoms with Gasteiger partial charge in [0.15, 0.2) is 5.96 Å². The van der Waals surface area contributed by atoms with Crippen LogP contribution in [0.3, 0.4) is 0 Å². The number of guanidine groups is 1. The van der Waals surface area contributed by atoms with E-state index < -0.39 is 0 Å². The Morgan fingerprint density at radius 1 is 1.08 bits per heavy atom. The second kappa shape index (κ2) is 10.2. The van der Waals surface area contributed by atoms with Crippen LogP contribution in [0.5, 0.6) is 0 Å². The van der Waals surface area contributed by atoms with Crippen LogP contribution in [-0.4, -0.2) is 25.0 Å². The van der Waals surface area contributed by atoms with Crippen molar-refractivity contribution in [3.63, 3.8) is 0 Å². The molecule has 0 bridgehead atoms. The van der Waals surface area contributed by atoms with E-state index in [1.807, 2.05) is 36.4 Å². The lowest BCUT2D eigenvalue weighted by molar-refractivity contribution is -0.119. The molecule has 1 aliphatic rings. The van der Waals surface area contributed by atoms with E-state index in [1.165, 1.54) is 23.1 Å². The van der Waals surface area contributed by atoms with Crippen molar-refractivity contribution in [2.75, 3.05) is 18.4 Å². The summed E-state index contributed by atoms with van der Waals surface area (Å²) >= 11 is 0. The number of hydrogen-bond acceptors (Lipinski definition) is 2. The lowest BCUT2D eigenvalue weighted by atomic mass is 10.1. The molecule has 0 aromatic heterocycles. The Morgan fingerprint density at radius 2 is 1.85 bits per heavy atom. The standard InChI is InChI=1S/C20H24N4O.HI/c21-20(24-18-10-9-16-7-4-8-17(16)13-18)23-14-19(25)22-12-11-15-5-2-1-3-6-15;/h1-3,5-6,9-10,13H,4,7-8,11-12,14H2,(H,22,25)(H3,21,23,24);1H. The fourth-order valence-electron chi connectivity index (χ4n) is 3.04. The number of aliphatic imine (C=N–C) groups is 1. The van der Waals surface area contributed by atoms with E-state index in [0.29, 0.717) is 6.54 Å². The Morgan fingerprint density at radius 3 is 2.65 bits per heavy atom. The molecule has 26 heavy (non-hydrogen) atoms. The van der Waals surface area contributed by atoms with Crippen LogP contribution in [0.25, 0.3) is 0 Å². The van der Waals surface area contributed by atoms with Gasteiger partial charge in [-0.1, -0.05) is 36.4 Å². The third-order valence-corrected chi connectivity index (χ3v) is 4.34. The normalized spacial score (nSPS) is 12.8. The quantitative estimate of drug-likeness (QED) is 0.350. The van der Waals surface area contributed by atoms with Crippen molar-refractivity contribution < 1.29 is 4.79 Å². The summed E-state index contributed by atoms with van der Waals surface area (Å²) < 4.78 is 0. The SMILES string of the molecule is I.NC(=NCC(=O)NCCc1ccccc1)Nc1ccc2c(c1)CCC2. The van der Waals surface area contributed by atoms with Gasteiger partial charge in [0, 0.05) is 12.2 Å². The van der Waals surface area contributed by atoms with Crippen LogP contribution in [0.2, 0.25) is 0 Å². The largest absolute Gasteiger partial charge is 0.370 e. The van der Waals surface area contributed by atoms with E-state index in [4.69, 9.17) is 5.73 Å². The molecule has 2 aromatic carbocycles. The minimum Gasteiger partial charge on any atom is -0.370 e. The van der Waals surface area contributed by atoms with Gasteiger partial charge >= 0.3 is 0 Å². The molecular weight excluding hydrogens is 439 g/mol. The number of benzene rings is 2. The van der Waals surface area contributed by atoms with Gasteiger partial charge in [0.25, 0.3) is 0 Å². The van der Waals surface area contributed by atoms with E-state index in [9.17, 15) is 4.79 Å². The fraction of sp³-hybridized carbons (Fsp3) is 0.300. The molecule has 0 atom stereocenters. The summed E-state index contributed by atoms with van der Waals surface area (Å²) in [6.45, 7) is 0.620. The third kappa shape index (κ3) is 6.01. The zero-order valence-electron chi connectivity index (χ0n) is 14.7. The molecule has 1 aliphatic carbocycles. The predicted molar refractivity (Wildman–Crippen MR) is 117 cm³/mol. The maximum Gasteiger partial charge on any atom is 0.241 e. The summed E-state index contributed by atoms with van der Waals surface area (Å²) in [6.07, 6.45) is 4.29. The maximum atomic E-state index is 11.8. The number of halogens is 1. The number of nitrogens with zero attached hydrogens (tertiary/aromatic N) is 1. The summed E-state index contributed by atoms with van der Waals surface area (Å²) in [7, 11) is 0. The number of amides is 1. The van der Waals surface area contributed by atoms with Crippen molar-refractivity contribution in [3.8, 4) is 0 Å². The van der Waals surface area contributed by atoms with Crippen LogP contribution in [0, 0.1) is 0 Å². The Hall–Kier alpha value is -2.09. The Labute approximate surface area is 171 Å². The fourth-order valence-corrected chi connectivity index (χ4v) is 3.04. The summed E-state index contributed by atoms with van der Waals surface area (Å²) in [6, 6.07) is 16.3. The first-order valence-corrected chi connectivity index (χ1v) is 8.70. The van der Waals surface area contributed by atoms with E-state index in [1.54, 1.807) is 0 Å². The molecule has 1 amide bonds. The molecule has 0 saturated carbocycles. The molecule has 3 rings (SSSR count). The second-order valence-corrected chi connectivity index (χ2v) is 6.25. The summed E-state index contributed by atoms with van der Waals surface area (Å²) in [5.74, 6) is 0.130. The van der Waals surface area contributed by atoms with Crippen molar-refractivity contribution in [2.24, 2.45) is 10.7 Å². The molecule has 0 saturated heterocycles. The van der Waals surface area contributed by atoms with Crippen LogP contribution in [-0.2, 0) is 24.1 Å². The Kier molecular flexibility index (Phi) is 7.90. The first-order valence-electron chi connectivity index (χ1n) is 8.70. The number of rotatable bonds is 6. The number of carbonyl (C=O) groups is 1. The van der Waals surface area contributed by atoms with Gasteiger partial charge in [0.1, 0.15) is 6.54 Å². The Balaban J connectivity index is 0.00000243. The minimum atomic E-state index is -0.130. The molecule has 5 nitrogen and oxygen atoms in total. The summed E-state index contributed by atoms with van der Waals surface area (Å²) in [5, 5.41) is 5.91. The second-order valence-electron chi connectivity index (χ2n) is 6.25. The van der Waals surface area contributed by atoms with Gasteiger partial charge in [-0.3, -0.25) is 4.79 Å². The predicted octanol–water partition coefficient (Wildman–Crippen LogP) is 2.88. The lowest BCUT2D eigenvalue weighted by Crippen LogP contribution is -2.30. The molecule has 0 unspecified atom stereocenters. The smallest absolute Gasteiger partial charge is 0.241 e. The molecule has 2 aromatic rings. The summed E-state index contributed by atoms with van der Waals surface area (Å²) in [5.41, 5.74) is 10.8.